The van der Waals surface area contributed by atoms with Crippen LogP contribution in [0.15, 0.2) is 0 Å². The van der Waals surface area contributed by atoms with E-state index in [4.69, 9.17) is 15.2 Å². The van der Waals surface area contributed by atoms with Crippen LogP contribution < -0.4 is 10.7 Å². The van der Waals surface area contributed by atoms with E-state index in [0.717, 1.165) is 38.5 Å². The lowest BCUT2D eigenvalue weighted by Gasteiger charge is -2.30. The van der Waals surface area contributed by atoms with Crippen molar-refractivity contribution < 1.29 is 14.5 Å². The maximum Gasteiger partial charge on any atom is 0.343 e. The van der Waals surface area contributed by atoms with Crippen molar-refractivity contribution in [1.29, 1.82) is 10.5 Å². The highest BCUT2D eigenvalue weighted by Crippen LogP contribution is 2.86. The van der Waals surface area contributed by atoms with E-state index in [0.29, 0.717) is 19.0 Å². The lowest BCUT2D eigenvalue weighted by Crippen LogP contribution is -2.90. The minimum absolute atomic E-state index is 0.360. The van der Waals surface area contributed by atoms with Crippen molar-refractivity contribution >= 4 is 5.84 Å². The minimum atomic E-state index is -1.24. The molecule has 2 atom stereocenters. The molecule has 0 aromatic heterocycles. The molecular formula is C16H21N4O2+. The second-order valence-corrected chi connectivity index (χ2v) is 6.93. The molecule has 4 rings (SSSR count). The minimum Gasteiger partial charge on any atom is -0.311 e. The van der Waals surface area contributed by atoms with E-state index in [-0.39, 0.29) is 0 Å². The van der Waals surface area contributed by atoms with Gasteiger partial charge in [0, 0.05) is 5.41 Å². The summed E-state index contributed by atoms with van der Waals surface area (Å²) in [5, 5.41) is 20.1. The van der Waals surface area contributed by atoms with Gasteiger partial charge in [-0.25, -0.2) is 4.99 Å². The fraction of sp³-hybridized carbons (Fsp3) is 0.812. The SMILES string of the molecule is N#C[C@@]12C3([NH+]=C(N)[C@]1(C#N)C21CCCCCCC1)OCCO3. The molecule has 6 nitrogen and oxygen atoms in total. The van der Waals surface area contributed by atoms with Gasteiger partial charge in [-0.05, 0) is 12.8 Å². The topological polar surface area (TPSA) is 106 Å². The number of rotatable bonds is 0. The molecule has 6 heteroatoms. The van der Waals surface area contributed by atoms with Gasteiger partial charge in [0.15, 0.2) is 10.8 Å². The lowest BCUT2D eigenvalue weighted by molar-refractivity contribution is -0.678. The molecule has 0 bridgehead atoms. The van der Waals surface area contributed by atoms with Crippen molar-refractivity contribution in [1.82, 2.24) is 0 Å². The third-order valence-corrected chi connectivity index (χ3v) is 6.37. The van der Waals surface area contributed by atoms with Crippen LogP contribution >= 0.6 is 0 Å². The van der Waals surface area contributed by atoms with Crippen LogP contribution in [0.25, 0.3) is 0 Å². The fourth-order valence-electron chi connectivity index (χ4n) is 5.55. The molecule has 2 aliphatic heterocycles. The molecule has 2 saturated carbocycles. The Bertz CT molecular complexity index is 617. The number of fused-ring (bicyclic) bond motifs is 4. The fourth-order valence-corrected chi connectivity index (χ4v) is 5.55. The molecule has 3 N–H and O–H groups in total. The number of nitrogens with two attached hydrogens (primary N) is 1. The van der Waals surface area contributed by atoms with E-state index in [1.54, 1.807) is 0 Å². The maximum absolute atomic E-state index is 10.1. The molecular weight excluding hydrogens is 280 g/mol. The van der Waals surface area contributed by atoms with Crippen LogP contribution in [0.1, 0.15) is 44.9 Å². The molecule has 2 spiro atoms. The van der Waals surface area contributed by atoms with Crippen molar-refractivity contribution in [2.75, 3.05) is 13.2 Å². The van der Waals surface area contributed by atoms with Crippen molar-refractivity contribution in [3.8, 4) is 12.1 Å². The first-order valence-electron chi connectivity index (χ1n) is 8.18. The van der Waals surface area contributed by atoms with E-state index in [1.807, 2.05) is 0 Å². The normalized spacial score (nSPS) is 41.1. The summed E-state index contributed by atoms with van der Waals surface area (Å²) in [6.45, 7) is 0.836. The predicted octanol–water partition coefficient (Wildman–Crippen LogP) is -0.0973. The first-order valence-corrected chi connectivity index (χ1v) is 8.18. The van der Waals surface area contributed by atoms with Crippen molar-refractivity contribution in [2.45, 2.75) is 50.9 Å². The average molecular weight is 301 g/mol. The van der Waals surface area contributed by atoms with Crippen LogP contribution in [-0.2, 0) is 9.47 Å². The number of ether oxygens (including phenoxy) is 2. The van der Waals surface area contributed by atoms with Gasteiger partial charge in [0.05, 0.1) is 25.4 Å². The van der Waals surface area contributed by atoms with Crippen molar-refractivity contribution in [3.05, 3.63) is 0 Å². The van der Waals surface area contributed by atoms with Crippen molar-refractivity contribution in [3.63, 3.8) is 0 Å². The molecule has 0 aromatic carbocycles. The number of nitriles is 2. The Morgan fingerprint density at radius 2 is 1.55 bits per heavy atom. The van der Waals surface area contributed by atoms with Gasteiger partial charge in [-0.3, -0.25) is 5.73 Å². The van der Waals surface area contributed by atoms with E-state index in [1.165, 1.54) is 6.42 Å². The first kappa shape index (κ1) is 14.0. The molecule has 3 fully saturated rings. The highest BCUT2D eigenvalue weighted by molar-refractivity contribution is 5.95. The first-order chi connectivity index (χ1) is 10.7. The summed E-state index contributed by atoms with van der Waals surface area (Å²) in [5.41, 5.74) is 3.79. The standard InChI is InChI=1S/C16H20N4O2/c17-10-14-12(19)20-16(21-8-9-22-16)15(14,11-18)13(14)6-4-2-1-3-5-7-13/h1-9H2,(H2,19,20)/p+1/t14-,15+/m1/s1. The Kier molecular flexibility index (Phi) is 2.68. The molecule has 1 saturated heterocycles. The van der Waals surface area contributed by atoms with Crippen molar-refractivity contribution in [2.24, 2.45) is 22.0 Å². The average Bonchev–Trinajstić information content (AvgIpc) is 2.74. The van der Waals surface area contributed by atoms with E-state index in [9.17, 15) is 10.5 Å². The number of nitrogens with one attached hydrogen (secondary N) is 1. The summed E-state index contributed by atoms with van der Waals surface area (Å²) in [6.07, 6.45) is 7.24. The van der Waals surface area contributed by atoms with Crippen LogP contribution in [0.2, 0.25) is 0 Å². The Balaban J connectivity index is 1.89. The molecule has 22 heavy (non-hydrogen) atoms. The third-order valence-electron chi connectivity index (χ3n) is 6.37. The summed E-state index contributed by atoms with van der Waals surface area (Å²) in [7, 11) is 0. The van der Waals surface area contributed by atoms with Gasteiger partial charge in [0.25, 0.3) is 5.84 Å². The zero-order valence-electron chi connectivity index (χ0n) is 12.7. The number of hydrogen-bond acceptors (Lipinski definition) is 5. The predicted molar refractivity (Wildman–Crippen MR) is 75.6 cm³/mol. The Morgan fingerprint density at radius 1 is 0.955 bits per heavy atom. The van der Waals surface area contributed by atoms with Gasteiger partial charge >= 0.3 is 5.91 Å². The van der Waals surface area contributed by atoms with Crippen LogP contribution in [0.4, 0.5) is 0 Å². The molecule has 0 aromatic rings. The van der Waals surface area contributed by atoms with Gasteiger partial charge in [-0.1, -0.05) is 32.1 Å². The quantitative estimate of drug-likeness (QED) is 0.650. The van der Waals surface area contributed by atoms with Gasteiger partial charge in [-0.15, -0.1) is 0 Å². The second-order valence-electron chi connectivity index (χ2n) is 6.93. The largest absolute Gasteiger partial charge is 0.343 e. The van der Waals surface area contributed by atoms with Crippen LogP contribution in [0.3, 0.4) is 0 Å². The second kappa shape index (κ2) is 4.22. The van der Waals surface area contributed by atoms with E-state index < -0.39 is 22.2 Å². The smallest absolute Gasteiger partial charge is 0.311 e. The Labute approximate surface area is 129 Å². The Hall–Kier alpha value is -1.63. The third kappa shape index (κ3) is 1.12. The molecule has 2 heterocycles. The molecule has 4 aliphatic rings. The van der Waals surface area contributed by atoms with E-state index in [2.05, 4.69) is 17.1 Å². The number of nitrogens with zero attached hydrogens (tertiary/aromatic N) is 2. The Morgan fingerprint density at radius 3 is 2.09 bits per heavy atom. The maximum atomic E-state index is 10.1. The van der Waals surface area contributed by atoms with Crippen LogP contribution in [0, 0.1) is 38.9 Å². The highest BCUT2D eigenvalue weighted by Gasteiger charge is 3.03. The van der Waals surface area contributed by atoms with Gasteiger partial charge in [0.1, 0.15) is 0 Å². The van der Waals surface area contributed by atoms with Gasteiger partial charge in [0.2, 0.25) is 0 Å². The summed E-state index contributed by atoms with van der Waals surface area (Å²) in [4.78, 5) is 3.02. The summed E-state index contributed by atoms with van der Waals surface area (Å²) in [6, 6.07) is 4.85. The monoisotopic (exact) mass is 301 g/mol. The van der Waals surface area contributed by atoms with Gasteiger partial charge in [-0.2, -0.15) is 10.5 Å². The highest BCUT2D eigenvalue weighted by atomic mass is 16.8. The lowest BCUT2D eigenvalue weighted by atomic mass is 9.78. The zero-order chi connectivity index (χ0) is 15.5. The summed E-state index contributed by atoms with van der Waals surface area (Å²) in [5.74, 6) is -0.875. The molecule has 2 aliphatic carbocycles. The summed E-state index contributed by atoms with van der Waals surface area (Å²) < 4.78 is 11.7. The number of amidine groups is 1. The number of hydrogen-bond donors (Lipinski definition) is 2. The molecule has 0 amide bonds. The molecule has 0 unspecified atom stereocenters. The zero-order valence-corrected chi connectivity index (χ0v) is 12.7. The van der Waals surface area contributed by atoms with E-state index >= 15 is 0 Å². The van der Waals surface area contributed by atoms with Gasteiger partial charge < -0.3 is 9.47 Å². The summed E-state index contributed by atoms with van der Waals surface area (Å²) >= 11 is 0. The molecule has 116 valence electrons. The van der Waals surface area contributed by atoms with Crippen LogP contribution in [0.5, 0.6) is 0 Å². The molecule has 0 radical (unpaired) electrons. The van der Waals surface area contributed by atoms with Crippen LogP contribution in [-0.4, -0.2) is 25.0 Å².